The number of aromatic nitrogens is 1. The van der Waals surface area contributed by atoms with Gasteiger partial charge in [0.05, 0.1) is 24.3 Å². The quantitative estimate of drug-likeness (QED) is 0.744. The van der Waals surface area contributed by atoms with Crippen LogP contribution in [-0.4, -0.2) is 18.1 Å². The van der Waals surface area contributed by atoms with Crippen molar-refractivity contribution >= 4 is 16.9 Å². The SMILES string of the molecule is COc1ccc(-c2cc(C(=O)[O-])c3cc(F)ccc3n2)cc1. The van der Waals surface area contributed by atoms with Crippen LogP contribution in [0.5, 0.6) is 5.75 Å². The highest BCUT2D eigenvalue weighted by Gasteiger charge is 2.09. The molecule has 4 nitrogen and oxygen atoms in total. The lowest BCUT2D eigenvalue weighted by Crippen LogP contribution is -2.22. The Labute approximate surface area is 125 Å². The summed E-state index contributed by atoms with van der Waals surface area (Å²) in [6.07, 6.45) is 0. The number of carbonyl (C=O) groups excluding carboxylic acids is 1. The van der Waals surface area contributed by atoms with E-state index in [0.29, 0.717) is 17.0 Å². The number of rotatable bonds is 3. The molecule has 0 atom stereocenters. The molecule has 3 aromatic rings. The van der Waals surface area contributed by atoms with Crippen LogP contribution in [0.4, 0.5) is 4.39 Å². The molecule has 5 heteroatoms. The number of hydrogen-bond donors (Lipinski definition) is 0. The van der Waals surface area contributed by atoms with Gasteiger partial charge in [-0.1, -0.05) is 0 Å². The molecule has 0 unspecified atom stereocenters. The first kappa shape index (κ1) is 14.0. The molecule has 0 N–H and O–H groups in total. The number of methoxy groups -OCH3 is 1. The third-order valence-electron chi connectivity index (χ3n) is 3.38. The number of carboxylic acid groups (broad SMARTS) is 1. The highest BCUT2D eigenvalue weighted by Crippen LogP contribution is 2.26. The first-order chi connectivity index (χ1) is 10.6. The van der Waals surface area contributed by atoms with E-state index in [1.54, 1.807) is 31.4 Å². The number of carboxylic acids is 1. The molecule has 0 spiro atoms. The van der Waals surface area contributed by atoms with Crippen molar-refractivity contribution in [3.8, 4) is 17.0 Å². The lowest BCUT2D eigenvalue weighted by Gasteiger charge is -2.11. The molecule has 0 radical (unpaired) electrons. The molecule has 110 valence electrons. The van der Waals surface area contributed by atoms with Crippen LogP contribution < -0.4 is 9.84 Å². The Morgan fingerprint density at radius 1 is 1.14 bits per heavy atom. The molecule has 0 aliphatic heterocycles. The first-order valence-electron chi connectivity index (χ1n) is 6.54. The van der Waals surface area contributed by atoms with Crippen molar-refractivity contribution in [2.45, 2.75) is 0 Å². The fraction of sp³-hybridized carbons (Fsp3) is 0.0588. The van der Waals surface area contributed by atoms with E-state index >= 15 is 0 Å². The highest BCUT2D eigenvalue weighted by atomic mass is 19.1. The summed E-state index contributed by atoms with van der Waals surface area (Å²) in [6.45, 7) is 0. The Morgan fingerprint density at radius 3 is 2.50 bits per heavy atom. The van der Waals surface area contributed by atoms with Crippen molar-refractivity contribution in [2.24, 2.45) is 0 Å². The van der Waals surface area contributed by atoms with Crippen LogP contribution in [0.25, 0.3) is 22.2 Å². The summed E-state index contributed by atoms with van der Waals surface area (Å²) in [7, 11) is 1.56. The van der Waals surface area contributed by atoms with Crippen molar-refractivity contribution in [3.05, 3.63) is 59.9 Å². The van der Waals surface area contributed by atoms with E-state index in [0.717, 1.165) is 11.6 Å². The number of hydrogen-bond acceptors (Lipinski definition) is 4. The maximum Gasteiger partial charge on any atom is 0.123 e. The minimum Gasteiger partial charge on any atom is -0.545 e. The summed E-state index contributed by atoms with van der Waals surface area (Å²) >= 11 is 0. The number of pyridine rings is 1. The van der Waals surface area contributed by atoms with E-state index in [2.05, 4.69) is 4.98 Å². The maximum atomic E-state index is 13.3. The molecule has 0 amide bonds. The van der Waals surface area contributed by atoms with Gasteiger partial charge in [0.15, 0.2) is 0 Å². The summed E-state index contributed by atoms with van der Waals surface area (Å²) in [5.41, 5.74) is 1.51. The molecular formula is C17H11FNO3-. The molecule has 3 rings (SSSR count). The Kier molecular flexibility index (Phi) is 3.47. The van der Waals surface area contributed by atoms with Crippen LogP contribution in [0.2, 0.25) is 0 Å². The van der Waals surface area contributed by atoms with Crippen LogP contribution in [-0.2, 0) is 0 Å². The molecular weight excluding hydrogens is 285 g/mol. The first-order valence-corrected chi connectivity index (χ1v) is 6.54. The molecule has 1 heterocycles. The van der Waals surface area contributed by atoms with Gasteiger partial charge < -0.3 is 14.6 Å². The third kappa shape index (κ3) is 2.48. The van der Waals surface area contributed by atoms with Crippen molar-refractivity contribution in [2.75, 3.05) is 7.11 Å². The fourth-order valence-corrected chi connectivity index (χ4v) is 2.28. The van der Waals surface area contributed by atoms with Gasteiger partial charge in [0.25, 0.3) is 0 Å². The minimum atomic E-state index is -1.37. The van der Waals surface area contributed by atoms with Crippen molar-refractivity contribution < 1.29 is 19.0 Å². The van der Waals surface area contributed by atoms with E-state index in [1.807, 2.05) is 0 Å². The summed E-state index contributed by atoms with van der Waals surface area (Å²) in [5.74, 6) is -1.20. The van der Waals surface area contributed by atoms with Crippen LogP contribution in [0.1, 0.15) is 10.4 Å². The molecule has 0 aliphatic carbocycles. The van der Waals surface area contributed by atoms with Crippen LogP contribution in [0.3, 0.4) is 0 Å². The van der Waals surface area contributed by atoms with Gasteiger partial charge >= 0.3 is 0 Å². The highest BCUT2D eigenvalue weighted by molar-refractivity contribution is 6.02. The molecule has 0 bridgehead atoms. The number of carbonyl (C=O) groups is 1. The number of benzene rings is 2. The Morgan fingerprint density at radius 2 is 1.86 bits per heavy atom. The van der Waals surface area contributed by atoms with Gasteiger partial charge in [0.2, 0.25) is 0 Å². The van der Waals surface area contributed by atoms with Gasteiger partial charge in [0, 0.05) is 16.5 Å². The fourth-order valence-electron chi connectivity index (χ4n) is 2.28. The normalized spacial score (nSPS) is 10.6. The second-order valence-corrected chi connectivity index (χ2v) is 4.73. The molecule has 2 aromatic carbocycles. The maximum absolute atomic E-state index is 13.3. The van der Waals surface area contributed by atoms with Gasteiger partial charge in [-0.2, -0.15) is 0 Å². The average molecular weight is 296 g/mol. The zero-order valence-electron chi connectivity index (χ0n) is 11.7. The second-order valence-electron chi connectivity index (χ2n) is 4.73. The zero-order chi connectivity index (χ0) is 15.7. The van der Waals surface area contributed by atoms with E-state index in [4.69, 9.17) is 4.74 Å². The topological polar surface area (TPSA) is 62.2 Å². The zero-order valence-corrected chi connectivity index (χ0v) is 11.7. The van der Waals surface area contributed by atoms with Crippen LogP contribution in [0, 0.1) is 5.82 Å². The van der Waals surface area contributed by atoms with Gasteiger partial charge in [0.1, 0.15) is 11.6 Å². The summed E-state index contributed by atoms with van der Waals surface area (Å²) in [6, 6.07) is 12.3. The molecule has 0 saturated carbocycles. The van der Waals surface area contributed by atoms with E-state index in [9.17, 15) is 14.3 Å². The molecule has 0 saturated heterocycles. The van der Waals surface area contributed by atoms with E-state index < -0.39 is 11.8 Å². The van der Waals surface area contributed by atoms with Gasteiger partial charge in [-0.15, -0.1) is 0 Å². The standard InChI is InChI=1S/C17H12FNO3/c1-22-12-5-2-10(3-6-12)16-9-14(17(20)21)13-8-11(18)4-7-15(13)19-16/h2-9H,1H3,(H,20,21)/p-1. The Hall–Kier alpha value is -2.95. The second kappa shape index (κ2) is 5.44. The molecule has 0 aliphatic rings. The monoisotopic (exact) mass is 296 g/mol. The largest absolute Gasteiger partial charge is 0.545 e. The van der Waals surface area contributed by atoms with Gasteiger partial charge in [-0.3, -0.25) is 0 Å². The molecule has 1 aromatic heterocycles. The predicted octanol–water partition coefficient (Wildman–Crippen LogP) is 2.41. The number of nitrogens with zero attached hydrogens (tertiary/aromatic N) is 1. The van der Waals surface area contributed by atoms with E-state index in [-0.39, 0.29) is 10.9 Å². The summed E-state index contributed by atoms with van der Waals surface area (Å²) in [5, 5.41) is 11.5. The molecule has 0 fully saturated rings. The van der Waals surface area contributed by atoms with Crippen molar-refractivity contribution in [1.29, 1.82) is 0 Å². The smallest absolute Gasteiger partial charge is 0.123 e. The van der Waals surface area contributed by atoms with Crippen molar-refractivity contribution in [3.63, 3.8) is 0 Å². The lowest BCUT2D eigenvalue weighted by molar-refractivity contribution is -0.254. The Bertz CT molecular complexity index is 860. The molecule has 22 heavy (non-hydrogen) atoms. The van der Waals surface area contributed by atoms with Crippen LogP contribution in [0.15, 0.2) is 48.5 Å². The van der Waals surface area contributed by atoms with Crippen LogP contribution >= 0.6 is 0 Å². The third-order valence-corrected chi connectivity index (χ3v) is 3.38. The summed E-state index contributed by atoms with van der Waals surface area (Å²) < 4.78 is 18.4. The summed E-state index contributed by atoms with van der Waals surface area (Å²) in [4.78, 5) is 15.7. The number of ether oxygens (including phenoxy) is 1. The van der Waals surface area contributed by atoms with Crippen molar-refractivity contribution in [1.82, 2.24) is 4.98 Å². The lowest BCUT2D eigenvalue weighted by atomic mass is 10.0. The Balaban J connectivity index is 2.21. The number of aromatic carboxylic acids is 1. The van der Waals surface area contributed by atoms with E-state index in [1.165, 1.54) is 18.2 Å². The number of fused-ring (bicyclic) bond motifs is 1. The van der Waals surface area contributed by atoms with Gasteiger partial charge in [-0.25, -0.2) is 9.37 Å². The van der Waals surface area contributed by atoms with Gasteiger partial charge in [-0.05, 0) is 48.5 Å². The minimum absolute atomic E-state index is 0.0877. The predicted molar refractivity (Wildman–Crippen MR) is 78.0 cm³/mol. The average Bonchev–Trinajstić information content (AvgIpc) is 2.53. The number of halogens is 1.